The maximum atomic E-state index is 12.3. The number of halogens is 1. The highest BCUT2D eigenvalue weighted by atomic mass is 79.9. The minimum atomic E-state index is -0.152. The van der Waals surface area contributed by atoms with E-state index in [1.54, 1.807) is 12.4 Å². The van der Waals surface area contributed by atoms with E-state index in [0.29, 0.717) is 11.6 Å². The third-order valence-corrected chi connectivity index (χ3v) is 4.30. The number of carbonyl (C=O) groups excluding carboxylic acids is 1. The normalized spacial score (nSPS) is 14.8. The van der Waals surface area contributed by atoms with E-state index >= 15 is 0 Å². The first-order valence-electron chi connectivity index (χ1n) is 7.49. The number of pyridine rings is 1. The van der Waals surface area contributed by atoms with Crippen LogP contribution in [0.1, 0.15) is 36.0 Å². The number of hydrogen-bond donors (Lipinski definition) is 2. The molecule has 22 heavy (non-hydrogen) atoms. The molecule has 1 aromatic heterocycles. The molecule has 114 valence electrons. The average molecular weight is 360 g/mol. The summed E-state index contributed by atoms with van der Waals surface area (Å²) in [6, 6.07) is 9.89. The van der Waals surface area contributed by atoms with Gasteiger partial charge in [0.1, 0.15) is 0 Å². The first kappa shape index (κ1) is 15.0. The fourth-order valence-electron chi connectivity index (χ4n) is 2.72. The fourth-order valence-corrected chi connectivity index (χ4v) is 3.12. The van der Waals surface area contributed by atoms with Gasteiger partial charge in [0, 0.05) is 28.6 Å². The number of aromatic nitrogens is 1. The Hall–Kier alpha value is -1.88. The maximum absolute atomic E-state index is 12.3. The van der Waals surface area contributed by atoms with Crippen LogP contribution in [0.3, 0.4) is 0 Å². The first-order chi connectivity index (χ1) is 10.7. The highest BCUT2D eigenvalue weighted by molar-refractivity contribution is 9.10. The molecule has 0 saturated heterocycles. The molecule has 0 spiro atoms. The van der Waals surface area contributed by atoms with Crippen LogP contribution in [0.25, 0.3) is 0 Å². The Morgan fingerprint density at radius 1 is 1.14 bits per heavy atom. The van der Waals surface area contributed by atoms with Crippen LogP contribution in [-0.2, 0) is 0 Å². The molecule has 1 aliphatic carbocycles. The van der Waals surface area contributed by atoms with Crippen molar-refractivity contribution in [1.82, 2.24) is 4.98 Å². The van der Waals surface area contributed by atoms with Crippen molar-refractivity contribution < 1.29 is 4.79 Å². The molecule has 0 radical (unpaired) electrons. The number of rotatable bonds is 4. The van der Waals surface area contributed by atoms with Gasteiger partial charge in [0.05, 0.1) is 11.3 Å². The number of nitrogens with one attached hydrogen (secondary N) is 2. The van der Waals surface area contributed by atoms with E-state index in [4.69, 9.17) is 0 Å². The molecule has 3 rings (SSSR count). The SMILES string of the molecule is O=C(Nc1cccc(Br)c1)c1cncc(NC2CCCC2)c1. The molecule has 1 saturated carbocycles. The van der Waals surface area contributed by atoms with Crippen LogP contribution < -0.4 is 10.6 Å². The van der Waals surface area contributed by atoms with Crippen LogP contribution in [0.4, 0.5) is 11.4 Å². The van der Waals surface area contributed by atoms with Crippen molar-refractivity contribution in [2.45, 2.75) is 31.7 Å². The lowest BCUT2D eigenvalue weighted by molar-refractivity contribution is 0.102. The Kier molecular flexibility index (Phi) is 4.73. The van der Waals surface area contributed by atoms with Crippen LogP contribution in [0.15, 0.2) is 47.2 Å². The van der Waals surface area contributed by atoms with Crippen LogP contribution in [-0.4, -0.2) is 16.9 Å². The Bertz CT molecular complexity index is 668. The summed E-state index contributed by atoms with van der Waals surface area (Å²) in [5.74, 6) is -0.152. The van der Waals surface area contributed by atoms with Gasteiger partial charge in [-0.05, 0) is 37.1 Å². The quantitative estimate of drug-likeness (QED) is 0.847. The largest absolute Gasteiger partial charge is 0.381 e. The van der Waals surface area contributed by atoms with Gasteiger partial charge in [-0.15, -0.1) is 0 Å². The Labute approximate surface area is 138 Å². The van der Waals surface area contributed by atoms with Crippen LogP contribution >= 0.6 is 15.9 Å². The molecule has 1 amide bonds. The second-order valence-electron chi connectivity index (χ2n) is 5.55. The van der Waals surface area contributed by atoms with Crippen molar-refractivity contribution in [3.05, 3.63) is 52.8 Å². The molecule has 1 aromatic carbocycles. The van der Waals surface area contributed by atoms with Crippen molar-refractivity contribution in [3.8, 4) is 0 Å². The van der Waals surface area contributed by atoms with Gasteiger partial charge in [-0.25, -0.2) is 0 Å². The summed E-state index contributed by atoms with van der Waals surface area (Å²) in [5, 5.41) is 6.34. The summed E-state index contributed by atoms with van der Waals surface area (Å²) >= 11 is 3.40. The third-order valence-electron chi connectivity index (χ3n) is 3.81. The topological polar surface area (TPSA) is 54.0 Å². The van der Waals surface area contributed by atoms with Crippen molar-refractivity contribution in [2.75, 3.05) is 10.6 Å². The highest BCUT2D eigenvalue weighted by Crippen LogP contribution is 2.22. The zero-order valence-electron chi connectivity index (χ0n) is 12.2. The number of hydrogen-bond acceptors (Lipinski definition) is 3. The van der Waals surface area contributed by atoms with E-state index in [1.807, 2.05) is 30.3 Å². The zero-order valence-corrected chi connectivity index (χ0v) is 13.8. The maximum Gasteiger partial charge on any atom is 0.257 e. The number of benzene rings is 1. The van der Waals surface area contributed by atoms with Crippen LogP contribution in [0.2, 0.25) is 0 Å². The molecular formula is C17H18BrN3O. The third kappa shape index (κ3) is 3.85. The number of nitrogens with zero attached hydrogens (tertiary/aromatic N) is 1. The van der Waals surface area contributed by atoms with E-state index < -0.39 is 0 Å². The van der Waals surface area contributed by atoms with E-state index in [1.165, 1.54) is 25.7 Å². The van der Waals surface area contributed by atoms with Crippen molar-refractivity contribution in [3.63, 3.8) is 0 Å². The van der Waals surface area contributed by atoms with E-state index in [-0.39, 0.29) is 5.91 Å². The van der Waals surface area contributed by atoms with Gasteiger partial charge in [-0.2, -0.15) is 0 Å². The van der Waals surface area contributed by atoms with Gasteiger partial charge in [0.25, 0.3) is 5.91 Å². The van der Waals surface area contributed by atoms with Gasteiger partial charge in [-0.1, -0.05) is 34.8 Å². The summed E-state index contributed by atoms with van der Waals surface area (Å²) in [4.78, 5) is 16.5. The molecule has 0 bridgehead atoms. The Balaban J connectivity index is 1.69. The monoisotopic (exact) mass is 359 g/mol. The number of carbonyl (C=O) groups is 1. The fraction of sp³-hybridized carbons (Fsp3) is 0.294. The second-order valence-corrected chi connectivity index (χ2v) is 6.47. The Morgan fingerprint density at radius 2 is 1.95 bits per heavy atom. The summed E-state index contributed by atoms with van der Waals surface area (Å²) in [7, 11) is 0. The first-order valence-corrected chi connectivity index (χ1v) is 8.28. The van der Waals surface area contributed by atoms with Gasteiger partial charge < -0.3 is 10.6 Å². The molecule has 5 heteroatoms. The van der Waals surface area contributed by atoms with Gasteiger partial charge in [0.2, 0.25) is 0 Å². The molecule has 0 unspecified atom stereocenters. The highest BCUT2D eigenvalue weighted by Gasteiger charge is 2.15. The average Bonchev–Trinajstić information content (AvgIpc) is 3.00. The van der Waals surface area contributed by atoms with Crippen molar-refractivity contribution in [2.24, 2.45) is 0 Å². The summed E-state index contributed by atoms with van der Waals surface area (Å²) in [5.41, 5.74) is 2.23. The van der Waals surface area contributed by atoms with Gasteiger partial charge in [-0.3, -0.25) is 9.78 Å². The van der Waals surface area contributed by atoms with E-state index in [2.05, 4.69) is 31.5 Å². The molecule has 2 aromatic rings. The smallest absolute Gasteiger partial charge is 0.257 e. The standard InChI is InChI=1S/C17H18BrN3O/c18-13-4-3-7-15(9-13)21-17(22)12-8-16(11-19-10-12)20-14-5-1-2-6-14/h3-4,7-11,14,20H,1-2,5-6H2,(H,21,22). The minimum Gasteiger partial charge on any atom is -0.381 e. The molecule has 2 N–H and O–H groups in total. The van der Waals surface area contributed by atoms with Crippen LogP contribution in [0, 0.1) is 0 Å². The van der Waals surface area contributed by atoms with Gasteiger partial charge >= 0.3 is 0 Å². The van der Waals surface area contributed by atoms with Crippen molar-refractivity contribution >= 4 is 33.2 Å². The molecule has 0 aliphatic heterocycles. The van der Waals surface area contributed by atoms with Crippen molar-refractivity contribution in [1.29, 1.82) is 0 Å². The second kappa shape index (κ2) is 6.92. The lowest BCUT2D eigenvalue weighted by atomic mass is 10.2. The number of amides is 1. The molecule has 1 heterocycles. The summed E-state index contributed by atoms with van der Waals surface area (Å²) < 4.78 is 0.931. The minimum absolute atomic E-state index is 0.152. The summed E-state index contributed by atoms with van der Waals surface area (Å²) in [6.45, 7) is 0. The van der Waals surface area contributed by atoms with Gasteiger partial charge in [0.15, 0.2) is 0 Å². The molecule has 1 aliphatic rings. The zero-order chi connectivity index (χ0) is 15.4. The summed E-state index contributed by atoms with van der Waals surface area (Å²) in [6.07, 6.45) is 8.28. The number of anilines is 2. The lowest BCUT2D eigenvalue weighted by Crippen LogP contribution is -2.16. The molecule has 1 fully saturated rings. The predicted molar refractivity (Wildman–Crippen MR) is 92.2 cm³/mol. The van der Waals surface area contributed by atoms with E-state index in [9.17, 15) is 4.79 Å². The molecule has 0 atom stereocenters. The van der Waals surface area contributed by atoms with Crippen LogP contribution in [0.5, 0.6) is 0 Å². The predicted octanol–water partition coefficient (Wildman–Crippen LogP) is 4.45. The lowest BCUT2D eigenvalue weighted by Gasteiger charge is -2.13. The molecule has 4 nitrogen and oxygen atoms in total. The van der Waals surface area contributed by atoms with E-state index in [0.717, 1.165) is 15.8 Å². The molecular weight excluding hydrogens is 342 g/mol. The Morgan fingerprint density at radius 3 is 2.73 bits per heavy atom.